The highest BCUT2D eigenvalue weighted by Crippen LogP contribution is 2.55. The number of benzene rings is 1. The van der Waals surface area contributed by atoms with E-state index in [0.29, 0.717) is 5.75 Å². The van der Waals surface area contributed by atoms with Crippen LogP contribution in [0.3, 0.4) is 0 Å². The first-order valence-electron chi connectivity index (χ1n) is 5.65. The lowest BCUT2D eigenvalue weighted by molar-refractivity contribution is -0.385. The molecule has 0 unspecified atom stereocenters. The average molecular weight is 251 g/mol. The van der Waals surface area contributed by atoms with Crippen molar-refractivity contribution >= 4 is 5.69 Å². The van der Waals surface area contributed by atoms with Gasteiger partial charge in [0, 0.05) is 5.56 Å². The number of methoxy groups -OCH3 is 1. The standard InChI is InChI=1S/C12H13NO5/c1-12(2)11-10(17-11)6-4-9(16-3)7(13(14)15)5-8(6)18-12/h4-5,10-11H,1-3H3/t10-,11-/m0/s1. The maximum atomic E-state index is 11.0. The SMILES string of the molecule is COc1cc2c(cc1[N+](=O)[O-])OC(C)(C)[C@H]1O[C@@H]21. The van der Waals surface area contributed by atoms with Gasteiger partial charge < -0.3 is 14.2 Å². The summed E-state index contributed by atoms with van der Waals surface area (Å²) in [5, 5.41) is 11.0. The Morgan fingerprint density at radius 1 is 1.44 bits per heavy atom. The van der Waals surface area contributed by atoms with Crippen molar-refractivity contribution in [2.24, 2.45) is 0 Å². The van der Waals surface area contributed by atoms with Crippen LogP contribution in [0, 0.1) is 10.1 Å². The number of epoxide rings is 1. The van der Waals surface area contributed by atoms with Crippen molar-refractivity contribution in [3.8, 4) is 11.5 Å². The van der Waals surface area contributed by atoms with Gasteiger partial charge in [-0.1, -0.05) is 0 Å². The molecule has 0 aromatic heterocycles. The minimum Gasteiger partial charge on any atom is -0.490 e. The highest BCUT2D eigenvalue weighted by Gasteiger charge is 2.57. The van der Waals surface area contributed by atoms with E-state index in [-0.39, 0.29) is 23.6 Å². The summed E-state index contributed by atoms with van der Waals surface area (Å²) in [6.45, 7) is 3.83. The van der Waals surface area contributed by atoms with Gasteiger partial charge in [0.05, 0.1) is 18.1 Å². The zero-order valence-electron chi connectivity index (χ0n) is 10.3. The molecular formula is C12H13NO5. The fourth-order valence-electron chi connectivity index (χ4n) is 2.40. The Balaban J connectivity index is 2.12. The Bertz CT molecular complexity index is 540. The van der Waals surface area contributed by atoms with Crippen LogP contribution in [0.25, 0.3) is 0 Å². The van der Waals surface area contributed by atoms with E-state index in [1.165, 1.54) is 13.2 Å². The fraction of sp³-hybridized carbons (Fsp3) is 0.500. The molecule has 6 nitrogen and oxygen atoms in total. The number of nitrogens with zero attached hydrogens (tertiary/aromatic N) is 1. The minimum absolute atomic E-state index is 0.0103. The fourth-order valence-corrected chi connectivity index (χ4v) is 2.40. The Labute approximate surface area is 104 Å². The predicted molar refractivity (Wildman–Crippen MR) is 62.0 cm³/mol. The molecular weight excluding hydrogens is 238 g/mol. The van der Waals surface area contributed by atoms with Gasteiger partial charge in [0.1, 0.15) is 23.6 Å². The molecule has 1 aromatic carbocycles. The zero-order valence-corrected chi connectivity index (χ0v) is 10.3. The van der Waals surface area contributed by atoms with Crippen molar-refractivity contribution in [1.29, 1.82) is 0 Å². The first kappa shape index (κ1) is 11.3. The molecule has 0 spiro atoms. The number of hydrogen-bond acceptors (Lipinski definition) is 5. The number of fused-ring (bicyclic) bond motifs is 3. The number of nitro benzene ring substituents is 1. The van der Waals surface area contributed by atoms with Crippen LogP contribution in [0.4, 0.5) is 5.69 Å². The Morgan fingerprint density at radius 2 is 2.17 bits per heavy atom. The van der Waals surface area contributed by atoms with Crippen LogP contribution in [-0.4, -0.2) is 23.7 Å². The Hall–Kier alpha value is -1.82. The summed E-state index contributed by atoms with van der Waals surface area (Å²) in [5.41, 5.74) is 0.271. The molecule has 3 rings (SSSR count). The summed E-state index contributed by atoms with van der Waals surface area (Å²) in [6, 6.07) is 3.04. The number of nitro groups is 1. The van der Waals surface area contributed by atoms with Gasteiger partial charge in [0.25, 0.3) is 0 Å². The van der Waals surface area contributed by atoms with E-state index in [2.05, 4.69) is 0 Å². The average Bonchev–Trinajstić information content (AvgIpc) is 3.08. The molecule has 0 saturated carbocycles. The molecule has 18 heavy (non-hydrogen) atoms. The largest absolute Gasteiger partial charge is 0.490 e. The molecule has 6 heteroatoms. The van der Waals surface area contributed by atoms with Gasteiger partial charge >= 0.3 is 5.69 Å². The highest BCUT2D eigenvalue weighted by molar-refractivity contribution is 5.57. The molecule has 0 N–H and O–H groups in total. The number of hydrogen-bond donors (Lipinski definition) is 0. The quantitative estimate of drug-likeness (QED) is 0.457. The molecule has 0 amide bonds. The first-order valence-corrected chi connectivity index (χ1v) is 5.65. The third-order valence-electron chi connectivity index (χ3n) is 3.36. The van der Waals surface area contributed by atoms with E-state index in [1.54, 1.807) is 6.07 Å². The highest BCUT2D eigenvalue weighted by atomic mass is 16.6. The second-order valence-corrected chi connectivity index (χ2v) is 5.00. The van der Waals surface area contributed by atoms with E-state index in [1.807, 2.05) is 13.8 Å². The van der Waals surface area contributed by atoms with Crippen LogP contribution in [-0.2, 0) is 4.74 Å². The summed E-state index contributed by atoms with van der Waals surface area (Å²) in [7, 11) is 1.41. The summed E-state index contributed by atoms with van der Waals surface area (Å²) >= 11 is 0. The van der Waals surface area contributed by atoms with E-state index in [9.17, 15) is 10.1 Å². The zero-order chi connectivity index (χ0) is 13.1. The van der Waals surface area contributed by atoms with Crippen LogP contribution in [0.2, 0.25) is 0 Å². The maximum Gasteiger partial charge on any atom is 0.314 e. The Morgan fingerprint density at radius 3 is 2.78 bits per heavy atom. The van der Waals surface area contributed by atoms with Crippen LogP contribution < -0.4 is 9.47 Å². The van der Waals surface area contributed by atoms with Crippen molar-refractivity contribution in [3.63, 3.8) is 0 Å². The van der Waals surface area contributed by atoms with Crippen LogP contribution >= 0.6 is 0 Å². The van der Waals surface area contributed by atoms with Crippen molar-refractivity contribution in [2.45, 2.75) is 31.7 Å². The van der Waals surface area contributed by atoms with Crippen molar-refractivity contribution < 1.29 is 19.1 Å². The third kappa shape index (κ3) is 1.45. The molecule has 1 fully saturated rings. The number of rotatable bonds is 2. The van der Waals surface area contributed by atoms with Gasteiger partial charge in [-0.05, 0) is 19.9 Å². The molecule has 2 atom stereocenters. The predicted octanol–water partition coefficient (Wildman–Crippen LogP) is 2.21. The molecule has 0 radical (unpaired) electrons. The van der Waals surface area contributed by atoms with E-state index in [4.69, 9.17) is 14.2 Å². The van der Waals surface area contributed by atoms with E-state index < -0.39 is 10.5 Å². The first-order chi connectivity index (χ1) is 8.44. The Kier molecular flexibility index (Phi) is 2.10. The molecule has 1 aromatic rings. The molecule has 1 saturated heterocycles. The lowest BCUT2D eigenvalue weighted by Crippen LogP contribution is -2.37. The molecule has 0 aliphatic carbocycles. The van der Waals surface area contributed by atoms with Gasteiger partial charge in [-0.2, -0.15) is 0 Å². The van der Waals surface area contributed by atoms with Crippen molar-refractivity contribution in [3.05, 3.63) is 27.8 Å². The summed E-state index contributed by atoms with van der Waals surface area (Å²) in [6.07, 6.45) is -0.0328. The summed E-state index contributed by atoms with van der Waals surface area (Å²) in [5.74, 6) is 0.738. The van der Waals surface area contributed by atoms with Gasteiger partial charge in [0.2, 0.25) is 0 Å². The van der Waals surface area contributed by atoms with Crippen molar-refractivity contribution in [1.82, 2.24) is 0 Å². The van der Waals surface area contributed by atoms with Gasteiger partial charge in [-0.15, -0.1) is 0 Å². The van der Waals surface area contributed by atoms with Gasteiger partial charge in [-0.25, -0.2) is 0 Å². The van der Waals surface area contributed by atoms with Gasteiger partial charge in [0.15, 0.2) is 5.75 Å². The van der Waals surface area contributed by atoms with Crippen LogP contribution in [0.5, 0.6) is 11.5 Å². The van der Waals surface area contributed by atoms with Crippen LogP contribution in [0.1, 0.15) is 25.5 Å². The maximum absolute atomic E-state index is 11.0. The van der Waals surface area contributed by atoms with Crippen LogP contribution in [0.15, 0.2) is 12.1 Å². The summed E-state index contributed by atoms with van der Waals surface area (Å²) in [4.78, 5) is 10.5. The normalized spacial score (nSPS) is 26.6. The smallest absolute Gasteiger partial charge is 0.314 e. The summed E-state index contributed by atoms with van der Waals surface area (Å²) < 4.78 is 16.4. The molecule has 0 bridgehead atoms. The van der Waals surface area contributed by atoms with E-state index in [0.717, 1.165) is 5.56 Å². The lowest BCUT2D eigenvalue weighted by atomic mass is 9.94. The third-order valence-corrected chi connectivity index (χ3v) is 3.36. The van der Waals surface area contributed by atoms with Gasteiger partial charge in [-0.3, -0.25) is 10.1 Å². The number of ether oxygens (including phenoxy) is 3. The van der Waals surface area contributed by atoms with Crippen molar-refractivity contribution in [2.75, 3.05) is 7.11 Å². The minimum atomic E-state index is -0.477. The topological polar surface area (TPSA) is 74.1 Å². The molecule has 96 valence electrons. The van der Waals surface area contributed by atoms with E-state index >= 15 is 0 Å². The molecule has 2 heterocycles. The monoisotopic (exact) mass is 251 g/mol. The lowest BCUT2D eigenvalue weighted by Gasteiger charge is -2.29. The molecule has 2 aliphatic heterocycles. The molecule has 2 aliphatic rings. The second kappa shape index (κ2) is 3.35. The second-order valence-electron chi connectivity index (χ2n) is 5.00.